The van der Waals surface area contributed by atoms with E-state index in [1.54, 1.807) is 24.1 Å². The zero-order valence-electron chi connectivity index (χ0n) is 14.3. The van der Waals surface area contributed by atoms with Crippen LogP contribution in [0.1, 0.15) is 26.0 Å². The van der Waals surface area contributed by atoms with Gasteiger partial charge in [0.2, 0.25) is 17.7 Å². The van der Waals surface area contributed by atoms with Gasteiger partial charge in [0.1, 0.15) is 6.04 Å². The van der Waals surface area contributed by atoms with Gasteiger partial charge in [-0.05, 0) is 5.92 Å². The lowest BCUT2D eigenvalue weighted by molar-refractivity contribution is -0.127. The molecule has 1 rings (SSSR count). The highest BCUT2D eigenvalue weighted by molar-refractivity contribution is 5.87. The second kappa shape index (κ2) is 9.02. The van der Waals surface area contributed by atoms with Crippen molar-refractivity contribution in [3.8, 4) is 0 Å². The van der Waals surface area contributed by atoms with Crippen LogP contribution >= 0.6 is 0 Å². The van der Waals surface area contributed by atoms with Crippen molar-refractivity contribution in [2.75, 3.05) is 6.54 Å². The molecule has 9 nitrogen and oxygen atoms in total. The minimum Gasteiger partial charge on any atom is -0.368 e. The minimum atomic E-state index is -0.832. The highest BCUT2D eigenvalue weighted by Gasteiger charge is 2.21. The highest BCUT2D eigenvalue weighted by Crippen LogP contribution is 2.02. The number of rotatable bonds is 9. The number of nitrogens with zero attached hydrogens (tertiary/aromatic N) is 2. The quantitative estimate of drug-likeness (QED) is 0.429. The second-order valence-corrected chi connectivity index (χ2v) is 6.03. The number of nitrogens with two attached hydrogens (primary N) is 2. The van der Waals surface area contributed by atoms with Crippen molar-refractivity contribution in [2.45, 2.75) is 38.8 Å². The molecule has 1 heterocycles. The summed E-state index contributed by atoms with van der Waals surface area (Å²) in [6.07, 6.45) is 3.49. The van der Waals surface area contributed by atoms with Crippen molar-refractivity contribution in [1.82, 2.24) is 20.2 Å². The summed E-state index contributed by atoms with van der Waals surface area (Å²) in [5.74, 6) is -1.30. The number of hydrogen-bond acceptors (Lipinski definition) is 5. The highest BCUT2D eigenvalue weighted by atomic mass is 16.2. The Hall–Kier alpha value is -2.42. The monoisotopic (exact) mass is 338 g/mol. The Kier molecular flexibility index (Phi) is 7.37. The summed E-state index contributed by atoms with van der Waals surface area (Å²) >= 11 is 0. The topological polar surface area (TPSA) is 145 Å². The summed E-state index contributed by atoms with van der Waals surface area (Å²) in [6, 6.07) is -1.45. The molecule has 6 N–H and O–H groups in total. The van der Waals surface area contributed by atoms with Crippen molar-refractivity contribution in [1.29, 1.82) is 0 Å². The van der Waals surface area contributed by atoms with Crippen LogP contribution in [0.15, 0.2) is 12.5 Å². The third-order valence-electron chi connectivity index (χ3n) is 3.68. The molecule has 2 atom stereocenters. The number of carbonyl (C=O) groups excluding carboxylic acids is 3. The van der Waals surface area contributed by atoms with Crippen LogP contribution < -0.4 is 22.1 Å². The van der Waals surface area contributed by atoms with Crippen molar-refractivity contribution in [2.24, 2.45) is 24.4 Å². The molecule has 0 spiro atoms. The number of carbonyl (C=O) groups is 3. The third kappa shape index (κ3) is 5.99. The average molecular weight is 338 g/mol. The fourth-order valence-electron chi connectivity index (χ4n) is 2.00. The molecule has 0 aromatic carbocycles. The SMILES string of the molecule is CC(C)[C@H](N)C(=O)NCCC(=O)N[C@@H](Cc1cncn1C)C(N)=O. The van der Waals surface area contributed by atoms with Gasteiger partial charge in [0, 0.05) is 38.3 Å². The van der Waals surface area contributed by atoms with Crippen LogP contribution in [0, 0.1) is 5.92 Å². The number of amides is 3. The molecule has 0 bridgehead atoms. The number of nitrogens with one attached hydrogen (secondary N) is 2. The predicted molar refractivity (Wildman–Crippen MR) is 88.5 cm³/mol. The fourth-order valence-corrected chi connectivity index (χ4v) is 2.00. The van der Waals surface area contributed by atoms with E-state index in [9.17, 15) is 14.4 Å². The lowest BCUT2D eigenvalue weighted by Gasteiger charge is -2.17. The Bertz CT molecular complexity index is 584. The first-order chi connectivity index (χ1) is 11.2. The van der Waals surface area contributed by atoms with Crippen LogP contribution in [0.2, 0.25) is 0 Å². The molecule has 0 aliphatic rings. The van der Waals surface area contributed by atoms with Crippen molar-refractivity contribution < 1.29 is 14.4 Å². The van der Waals surface area contributed by atoms with E-state index < -0.39 is 18.0 Å². The molecule has 24 heavy (non-hydrogen) atoms. The number of aryl methyl sites for hydroxylation is 1. The largest absolute Gasteiger partial charge is 0.368 e. The van der Waals surface area contributed by atoms with Gasteiger partial charge in [0.05, 0.1) is 12.4 Å². The van der Waals surface area contributed by atoms with Gasteiger partial charge in [-0.3, -0.25) is 14.4 Å². The van der Waals surface area contributed by atoms with Gasteiger partial charge in [0.25, 0.3) is 0 Å². The lowest BCUT2D eigenvalue weighted by Crippen LogP contribution is -2.48. The molecule has 0 aliphatic heterocycles. The maximum Gasteiger partial charge on any atom is 0.240 e. The van der Waals surface area contributed by atoms with E-state index in [4.69, 9.17) is 11.5 Å². The first-order valence-corrected chi connectivity index (χ1v) is 7.79. The van der Waals surface area contributed by atoms with Gasteiger partial charge in [0.15, 0.2) is 0 Å². The summed E-state index contributed by atoms with van der Waals surface area (Å²) in [6.45, 7) is 3.82. The van der Waals surface area contributed by atoms with E-state index in [0.29, 0.717) is 0 Å². The van der Waals surface area contributed by atoms with Gasteiger partial charge in [-0.25, -0.2) is 4.98 Å². The molecule has 0 aliphatic carbocycles. The van der Waals surface area contributed by atoms with Gasteiger partial charge >= 0.3 is 0 Å². The van der Waals surface area contributed by atoms with E-state index in [-0.39, 0.29) is 37.1 Å². The molecule has 0 saturated heterocycles. The van der Waals surface area contributed by atoms with Crippen LogP contribution in [0.5, 0.6) is 0 Å². The molecule has 1 aromatic rings. The predicted octanol–water partition coefficient (Wildman–Crippen LogP) is -1.58. The van der Waals surface area contributed by atoms with Gasteiger partial charge in [-0.15, -0.1) is 0 Å². The van der Waals surface area contributed by atoms with Gasteiger partial charge < -0.3 is 26.7 Å². The molecular formula is C15H26N6O3. The molecule has 3 amide bonds. The molecule has 1 aromatic heterocycles. The van der Waals surface area contributed by atoms with Crippen LogP contribution in [0.4, 0.5) is 0 Å². The van der Waals surface area contributed by atoms with Crippen molar-refractivity contribution in [3.05, 3.63) is 18.2 Å². The lowest BCUT2D eigenvalue weighted by atomic mass is 10.1. The zero-order chi connectivity index (χ0) is 18.3. The van der Waals surface area contributed by atoms with Crippen molar-refractivity contribution in [3.63, 3.8) is 0 Å². The molecule has 0 unspecified atom stereocenters. The summed E-state index contributed by atoms with van der Waals surface area (Å²) in [5.41, 5.74) is 11.8. The van der Waals surface area contributed by atoms with Crippen LogP contribution in [-0.4, -0.2) is 45.9 Å². The van der Waals surface area contributed by atoms with E-state index in [1.165, 1.54) is 0 Å². The third-order valence-corrected chi connectivity index (χ3v) is 3.68. The summed E-state index contributed by atoms with van der Waals surface area (Å²) < 4.78 is 1.75. The minimum absolute atomic E-state index is 0.0111. The average Bonchev–Trinajstić information content (AvgIpc) is 2.90. The molecular weight excluding hydrogens is 312 g/mol. The van der Waals surface area contributed by atoms with E-state index in [2.05, 4.69) is 15.6 Å². The standard InChI is InChI=1S/C15H26N6O3/c1-9(2)13(16)15(24)19-5-4-12(22)20-11(14(17)23)6-10-7-18-8-21(10)3/h7-9,11,13H,4-6,16H2,1-3H3,(H2,17,23)(H,19,24)(H,20,22)/t11-,13-/m0/s1. The number of imidazole rings is 1. The molecule has 134 valence electrons. The maximum atomic E-state index is 11.9. The first-order valence-electron chi connectivity index (χ1n) is 7.79. The number of primary amides is 1. The molecule has 0 fully saturated rings. The molecule has 9 heteroatoms. The number of aromatic nitrogens is 2. The van der Waals surface area contributed by atoms with E-state index in [0.717, 1.165) is 5.69 Å². The zero-order valence-corrected chi connectivity index (χ0v) is 14.3. The number of hydrogen-bond donors (Lipinski definition) is 4. The van der Waals surface area contributed by atoms with Crippen LogP contribution in [0.25, 0.3) is 0 Å². The molecule has 0 radical (unpaired) electrons. The Labute approximate surface area is 141 Å². The normalized spacial score (nSPS) is 13.4. The Morgan fingerprint density at radius 3 is 2.50 bits per heavy atom. The van der Waals surface area contributed by atoms with Gasteiger partial charge in [-0.1, -0.05) is 13.8 Å². The smallest absolute Gasteiger partial charge is 0.240 e. The van der Waals surface area contributed by atoms with Crippen LogP contribution in [-0.2, 0) is 27.9 Å². The molecule has 0 saturated carbocycles. The summed E-state index contributed by atoms with van der Waals surface area (Å²) in [7, 11) is 1.79. The van der Waals surface area contributed by atoms with Gasteiger partial charge in [-0.2, -0.15) is 0 Å². The van der Waals surface area contributed by atoms with E-state index in [1.807, 2.05) is 13.8 Å². The van der Waals surface area contributed by atoms with E-state index >= 15 is 0 Å². The van der Waals surface area contributed by atoms with Crippen molar-refractivity contribution >= 4 is 17.7 Å². The summed E-state index contributed by atoms with van der Waals surface area (Å²) in [5, 5.41) is 5.17. The summed E-state index contributed by atoms with van der Waals surface area (Å²) in [4.78, 5) is 39.1. The Morgan fingerprint density at radius 2 is 2.00 bits per heavy atom. The maximum absolute atomic E-state index is 11.9. The Morgan fingerprint density at radius 1 is 1.33 bits per heavy atom. The first kappa shape index (κ1) is 19.6. The fraction of sp³-hybridized carbons (Fsp3) is 0.600. The Balaban J connectivity index is 2.45. The van der Waals surface area contributed by atoms with Crippen LogP contribution in [0.3, 0.4) is 0 Å². The second-order valence-electron chi connectivity index (χ2n) is 6.03.